The van der Waals surface area contributed by atoms with Crippen molar-refractivity contribution in [1.29, 1.82) is 5.26 Å². The number of aromatic nitrogens is 2. The van der Waals surface area contributed by atoms with Gasteiger partial charge in [-0.15, -0.1) is 0 Å². The SMILES string of the molecule is Cc1ccc(C(=O)N2CCC(c3ccc(C#N)cc3)CC2)cc1NC(=O)NCc1ncccn1. The molecular weight excluding hydrogens is 428 g/mol. The van der Waals surface area contributed by atoms with Crippen LogP contribution >= 0.6 is 0 Å². The maximum Gasteiger partial charge on any atom is 0.319 e. The van der Waals surface area contributed by atoms with Crippen molar-refractivity contribution >= 4 is 17.6 Å². The Morgan fingerprint density at radius 3 is 2.47 bits per heavy atom. The van der Waals surface area contributed by atoms with E-state index in [1.807, 2.05) is 42.2 Å². The molecule has 0 radical (unpaired) electrons. The third kappa shape index (κ3) is 5.56. The first-order valence-electron chi connectivity index (χ1n) is 11.2. The molecule has 0 bridgehead atoms. The normalized spacial score (nSPS) is 13.7. The first kappa shape index (κ1) is 22.9. The molecular formula is C26H26N6O2. The van der Waals surface area contributed by atoms with Gasteiger partial charge >= 0.3 is 6.03 Å². The second kappa shape index (κ2) is 10.6. The summed E-state index contributed by atoms with van der Waals surface area (Å²) < 4.78 is 0. The van der Waals surface area contributed by atoms with Crippen molar-refractivity contribution in [2.75, 3.05) is 18.4 Å². The van der Waals surface area contributed by atoms with Crippen LogP contribution in [-0.4, -0.2) is 39.9 Å². The average molecular weight is 455 g/mol. The van der Waals surface area contributed by atoms with Gasteiger partial charge in [0.05, 0.1) is 18.2 Å². The van der Waals surface area contributed by atoms with Crippen molar-refractivity contribution in [3.8, 4) is 6.07 Å². The maximum atomic E-state index is 13.1. The van der Waals surface area contributed by atoms with Crippen LogP contribution in [0, 0.1) is 18.3 Å². The lowest BCUT2D eigenvalue weighted by Gasteiger charge is -2.32. The van der Waals surface area contributed by atoms with Crippen LogP contribution < -0.4 is 10.6 Å². The minimum Gasteiger partial charge on any atom is -0.339 e. The molecule has 0 atom stereocenters. The molecule has 8 heteroatoms. The Balaban J connectivity index is 1.35. The lowest BCUT2D eigenvalue weighted by Crippen LogP contribution is -2.38. The number of nitriles is 1. The fraction of sp³-hybridized carbons (Fsp3) is 0.269. The molecule has 1 aliphatic rings. The monoisotopic (exact) mass is 454 g/mol. The molecule has 0 spiro atoms. The molecule has 172 valence electrons. The third-order valence-corrected chi connectivity index (χ3v) is 6.05. The minimum atomic E-state index is -0.386. The van der Waals surface area contributed by atoms with Gasteiger partial charge in [-0.25, -0.2) is 14.8 Å². The number of benzene rings is 2. The van der Waals surface area contributed by atoms with E-state index < -0.39 is 0 Å². The first-order valence-corrected chi connectivity index (χ1v) is 11.2. The summed E-state index contributed by atoms with van der Waals surface area (Å²) in [6, 6.07) is 16.5. The number of hydrogen-bond acceptors (Lipinski definition) is 5. The minimum absolute atomic E-state index is 0.0422. The zero-order valence-corrected chi connectivity index (χ0v) is 19.0. The number of likely N-dealkylation sites (tertiary alicyclic amines) is 1. The second-order valence-electron chi connectivity index (χ2n) is 8.30. The highest BCUT2D eigenvalue weighted by Gasteiger charge is 2.25. The molecule has 34 heavy (non-hydrogen) atoms. The predicted molar refractivity (Wildman–Crippen MR) is 128 cm³/mol. The highest BCUT2D eigenvalue weighted by Crippen LogP contribution is 2.29. The van der Waals surface area contributed by atoms with Gasteiger partial charge in [0.25, 0.3) is 5.91 Å². The van der Waals surface area contributed by atoms with Gasteiger partial charge in [0.1, 0.15) is 5.82 Å². The summed E-state index contributed by atoms with van der Waals surface area (Å²) in [5.74, 6) is 0.853. The summed E-state index contributed by atoms with van der Waals surface area (Å²) in [5, 5.41) is 14.5. The van der Waals surface area contributed by atoms with E-state index in [1.165, 1.54) is 5.56 Å². The van der Waals surface area contributed by atoms with E-state index in [0.29, 0.717) is 41.6 Å². The van der Waals surface area contributed by atoms with E-state index >= 15 is 0 Å². The Morgan fingerprint density at radius 1 is 1.09 bits per heavy atom. The Labute approximate surface area is 198 Å². The first-order chi connectivity index (χ1) is 16.5. The Kier molecular flexibility index (Phi) is 7.13. The fourth-order valence-electron chi connectivity index (χ4n) is 4.07. The van der Waals surface area contributed by atoms with Crippen LogP contribution in [0.25, 0.3) is 0 Å². The highest BCUT2D eigenvalue weighted by atomic mass is 16.2. The van der Waals surface area contributed by atoms with Gasteiger partial charge < -0.3 is 15.5 Å². The van der Waals surface area contributed by atoms with E-state index in [2.05, 4.69) is 26.7 Å². The van der Waals surface area contributed by atoms with E-state index in [9.17, 15) is 9.59 Å². The number of carbonyl (C=O) groups excluding carboxylic acids is 2. The van der Waals surface area contributed by atoms with E-state index in [-0.39, 0.29) is 18.5 Å². The van der Waals surface area contributed by atoms with Crippen molar-refractivity contribution < 1.29 is 9.59 Å². The lowest BCUT2D eigenvalue weighted by atomic mass is 9.89. The van der Waals surface area contributed by atoms with Gasteiger partial charge in [-0.2, -0.15) is 5.26 Å². The molecule has 8 nitrogen and oxygen atoms in total. The fourth-order valence-corrected chi connectivity index (χ4v) is 4.07. The van der Waals surface area contributed by atoms with Crippen molar-refractivity contribution in [2.45, 2.75) is 32.2 Å². The molecule has 1 aliphatic heterocycles. The number of hydrogen-bond donors (Lipinski definition) is 2. The highest BCUT2D eigenvalue weighted by molar-refractivity contribution is 5.97. The summed E-state index contributed by atoms with van der Waals surface area (Å²) in [6.07, 6.45) is 4.99. The lowest BCUT2D eigenvalue weighted by molar-refractivity contribution is 0.0713. The van der Waals surface area contributed by atoms with Crippen LogP contribution in [0.3, 0.4) is 0 Å². The summed E-state index contributed by atoms with van der Waals surface area (Å²) in [6.45, 7) is 3.42. The number of rotatable bonds is 5. The van der Waals surface area contributed by atoms with E-state index in [4.69, 9.17) is 5.26 Å². The summed E-state index contributed by atoms with van der Waals surface area (Å²) in [4.78, 5) is 35.5. The number of amides is 3. The molecule has 1 saturated heterocycles. The average Bonchev–Trinajstić information content (AvgIpc) is 2.89. The van der Waals surface area contributed by atoms with Crippen molar-refractivity contribution in [3.05, 3.63) is 89.0 Å². The molecule has 0 saturated carbocycles. The van der Waals surface area contributed by atoms with Gasteiger partial charge in [0.15, 0.2) is 0 Å². The molecule has 1 fully saturated rings. The van der Waals surface area contributed by atoms with Gasteiger partial charge in [0.2, 0.25) is 0 Å². The maximum absolute atomic E-state index is 13.1. The smallest absolute Gasteiger partial charge is 0.319 e. The van der Waals surface area contributed by atoms with Crippen molar-refractivity contribution in [3.63, 3.8) is 0 Å². The number of nitrogens with one attached hydrogen (secondary N) is 2. The molecule has 2 N–H and O–H groups in total. The Morgan fingerprint density at radius 2 is 1.79 bits per heavy atom. The van der Waals surface area contributed by atoms with Crippen LogP contribution in [0.2, 0.25) is 0 Å². The standard InChI is InChI=1S/C26H26N6O2/c1-18-3-6-22(15-23(18)31-26(34)30-17-24-28-11-2-12-29-24)25(33)32-13-9-21(10-14-32)20-7-4-19(16-27)5-8-20/h2-8,11-12,15,21H,9-10,13-14,17H2,1H3,(H2,30,31,34). The predicted octanol–water partition coefficient (Wildman–Crippen LogP) is 4.00. The van der Waals surface area contributed by atoms with Gasteiger partial charge in [-0.1, -0.05) is 18.2 Å². The van der Waals surface area contributed by atoms with E-state index in [0.717, 1.165) is 18.4 Å². The molecule has 3 amide bonds. The molecule has 1 aromatic heterocycles. The van der Waals surface area contributed by atoms with Crippen LogP contribution in [0.5, 0.6) is 0 Å². The summed E-state index contributed by atoms with van der Waals surface area (Å²) in [7, 11) is 0. The van der Waals surface area contributed by atoms with Crippen LogP contribution in [0.4, 0.5) is 10.5 Å². The van der Waals surface area contributed by atoms with Crippen molar-refractivity contribution in [1.82, 2.24) is 20.2 Å². The number of piperidine rings is 1. The quantitative estimate of drug-likeness (QED) is 0.605. The Hall–Kier alpha value is -4.25. The third-order valence-electron chi connectivity index (χ3n) is 6.05. The molecule has 0 unspecified atom stereocenters. The molecule has 3 aromatic rings. The summed E-state index contributed by atoms with van der Waals surface area (Å²) in [5.41, 5.74) is 3.86. The van der Waals surface area contributed by atoms with Gasteiger partial charge in [-0.05, 0) is 67.1 Å². The summed E-state index contributed by atoms with van der Waals surface area (Å²) >= 11 is 0. The zero-order chi connectivity index (χ0) is 23.9. The molecule has 0 aliphatic carbocycles. The number of urea groups is 1. The molecule has 4 rings (SSSR count). The second-order valence-corrected chi connectivity index (χ2v) is 8.30. The number of anilines is 1. The topological polar surface area (TPSA) is 111 Å². The van der Waals surface area contributed by atoms with Crippen LogP contribution in [0.15, 0.2) is 60.9 Å². The number of aryl methyl sites for hydroxylation is 1. The van der Waals surface area contributed by atoms with Crippen LogP contribution in [-0.2, 0) is 6.54 Å². The number of carbonyl (C=O) groups is 2. The molecule has 2 aromatic carbocycles. The number of nitrogens with zero attached hydrogens (tertiary/aromatic N) is 4. The Bertz CT molecular complexity index is 1200. The molecule has 2 heterocycles. The van der Waals surface area contributed by atoms with Gasteiger partial charge in [-0.3, -0.25) is 4.79 Å². The van der Waals surface area contributed by atoms with Crippen molar-refractivity contribution in [2.24, 2.45) is 0 Å². The van der Waals surface area contributed by atoms with E-state index in [1.54, 1.807) is 30.6 Å². The van der Waals surface area contributed by atoms with Crippen LogP contribution in [0.1, 0.15) is 51.6 Å². The zero-order valence-electron chi connectivity index (χ0n) is 19.0. The van der Waals surface area contributed by atoms with Gasteiger partial charge in [0, 0.05) is 36.7 Å². The largest absolute Gasteiger partial charge is 0.339 e.